The average molecular weight is 702 g/mol. The molecule has 9 rings (SSSR count). The van der Waals surface area contributed by atoms with Crippen molar-refractivity contribution < 1.29 is 13.0 Å². The molecule has 0 N–H and O–H groups in total. The fourth-order valence-electron chi connectivity index (χ4n) is 8.08. The number of nitrogens with zero attached hydrogens (tertiary/aromatic N) is 5. The summed E-state index contributed by atoms with van der Waals surface area (Å²) in [5.41, 5.74) is 6.68. The van der Waals surface area contributed by atoms with Crippen LogP contribution in [0.4, 0.5) is 0 Å². The molecule has 0 atom stereocenters. The summed E-state index contributed by atoms with van der Waals surface area (Å²) in [7, 11) is 0. The van der Waals surface area contributed by atoms with Crippen molar-refractivity contribution in [2.45, 2.75) is 78.4 Å². The molecule has 0 amide bonds. The molecule has 4 heterocycles. The largest absolute Gasteiger partial charge is 0.456 e. The maximum absolute atomic E-state index is 8.74. The summed E-state index contributed by atoms with van der Waals surface area (Å²) < 4.78 is 63.1. The maximum Gasteiger partial charge on any atom is 0.237 e. The monoisotopic (exact) mass is 701 g/mol. The van der Waals surface area contributed by atoms with E-state index in [9.17, 15) is 0 Å². The highest BCUT2D eigenvalue weighted by Crippen LogP contribution is 2.56. The summed E-state index contributed by atoms with van der Waals surface area (Å²) in [4.78, 5) is 14.7. The molecule has 0 fully saturated rings. The number of para-hydroxylation sites is 5. The molecule has 0 unspecified atom stereocenters. The highest BCUT2D eigenvalue weighted by molar-refractivity contribution is 5.92. The first kappa shape index (κ1) is 26.9. The number of fused-ring (bicyclic) bond motifs is 7. The number of hydrogen-bond acceptors (Lipinski definition) is 4. The molecule has 0 aliphatic carbocycles. The van der Waals surface area contributed by atoms with Gasteiger partial charge in [0, 0.05) is 47.5 Å². The van der Waals surface area contributed by atoms with Crippen molar-refractivity contribution in [1.82, 2.24) is 23.9 Å². The summed E-state index contributed by atoms with van der Waals surface area (Å²) in [6, 6.07) is 33.2. The summed E-state index contributed by atoms with van der Waals surface area (Å²) in [5, 5.41) is 0. The van der Waals surface area contributed by atoms with Gasteiger partial charge in [-0.2, -0.15) is 0 Å². The number of aryl methyl sites for hydroxylation is 2. The predicted molar refractivity (Wildman–Crippen MR) is 217 cm³/mol. The molecule has 8 aromatic rings. The summed E-state index contributed by atoms with van der Waals surface area (Å²) in [6.45, 7) is 10.0. The Morgan fingerprint density at radius 3 is 2.17 bits per heavy atom. The molecule has 0 saturated carbocycles. The van der Waals surface area contributed by atoms with Gasteiger partial charge in [-0.15, -0.1) is 0 Å². The van der Waals surface area contributed by atoms with Crippen molar-refractivity contribution in [3.05, 3.63) is 137 Å². The van der Waals surface area contributed by atoms with Crippen LogP contribution in [-0.4, -0.2) is 23.9 Å². The van der Waals surface area contributed by atoms with Crippen LogP contribution < -0.4 is 4.74 Å². The van der Waals surface area contributed by atoms with Crippen LogP contribution in [0, 0.1) is 13.7 Å². The first-order valence-corrected chi connectivity index (χ1v) is 18.0. The molecular formula is C47H45N5O. The first-order chi connectivity index (χ1) is 27.7. The van der Waals surface area contributed by atoms with E-state index >= 15 is 0 Å². The van der Waals surface area contributed by atoms with E-state index in [1.807, 2.05) is 77.2 Å². The van der Waals surface area contributed by atoms with Crippen LogP contribution in [0.1, 0.15) is 84.5 Å². The molecule has 5 aromatic carbocycles. The van der Waals surface area contributed by atoms with Gasteiger partial charge >= 0.3 is 0 Å². The third-order valence-corrected chi connectivity index (χ3v) is 11.6. The SMILES string of the molecule is [2H]C([2H])([2H])c1ccc(-c2c(C(C)(C)C)ccc3c2Oc2ccccc2C(C)(C)C3(C)C)cc1-c1nc(-n2c3ccccc3n3c4ccccc4nc23)ncc1C([2H])([2H])[2H]. The van der Waals surface area contributed by atoms with Crippen molar-refractivity contribution in [3.63, 3.8) is 0 Å². The topological polar surface area (TPSA) is 57.2 Å². The van der Waals surface area contributed by atoms with Crippen LogP contribution in [0.25, 0.3) is 56.2 Å². The summed E-state index contributed by atoms with van der Waals surface area (Å²) in [6.07, 6.45) is 1.30. The van der Waals surface area contributed by atoms with E-state index in [0.29, 0.717) is 17.1 Å². The molecular weight excluding hydrogens is 651 g/mol. The number of ether oxygens (including phenoxy) is 1. The maximum atomic E-state index is 8.74. The molecule has 3 aromatic heterocycles. The molecule has 53 heavy (non-hydrogen) atoms. The van der Waals surface area contributed by atoms with E-state index in [1.54, 1.807) is 16.7 Å². The zero-order valence-electron chi connectivity index (χ0n) is 37.0. The van der Waals surface area contributed by atoms with Crippen molar-refractivity contribution >= 4 is 27.8 Å². The van der Waals surface area contributed by atoms with E-state index in [1.165, 1.54) is 6.20 Å². The Balaban J connectivity index is 1.36. The Morgan fingerprint density at radius 1 is 0.698 bits per heavy atom. The van der Waals surface area contributed by atoms with Gasteiger partial charge in [-0.05, 0) is 77.8 Å². The van der Waals surface area contributed by atoms with Crippen molar-refractivity contribution in [1.29, 1.82) is 0 Å². The second kappa shape index (κ2) is 11.4. The van der Waals surface area contributed by atoms with Gasteiger partial charge in [-0.3, -0.25) is 4.40 Å². The quantitative estimate of drug-likeness (QED) is 0.184. The van der Waals surface area contributed by atoms with Crippen LogP contribution in [0.2, 0.25) is 0 Å². The third kappa shape index (κ3) is 4.81. The lowest BCUT2D eigenvalue weighted by Gasteiger charge is -2.42. The molecule has 6 nitrogen and oxygen atoms in total. The highest BCUT2D eigenvalue weighted by atomic mass is 16.5. The fourth-order valence-corrected chi connectivity index (χ4v) is 8.08. The Morgan fingerprint density at radius 2 is 1.40 bits per heavy atom. The lowest BCUT2D eigenvalue weighted by Crippen LogP contribution is -2.39. The van der Waals surface area contributed by atoms with E-state index in [2.05, 4.69) is 71.6 Å². The van der Waals surface area contributed by atoms with Crippen LogP contribution in [0.15, 0.2) is 109 Å². The Hall–Kier alpha value is -5.75. The van der Waals surface area contributed by atoms with Crippen LogP contribution in [0.5, 0.6) is 11.5 Å². The average Bonchev–Trinajstić information content (AvgIpc) is 3.69. The van der Waals surface area contributed by atoms with Gasteiger partial charge in [0.2, 0.25) is 11.7 Å². The van der Waals surface area contributed by atoms with Crippen molar-refractivity contribution in [2.24, 2.45) is 0 Å². The van der Waals surface area contributed by atoms with Crippen LogP contribution in [-0.2, 0) is 16.2 Å². The Kier molecular flexibility index (Phi) is 5.78. The number of rotatable bonds is 3. The van der Waals surface area contributed by atoms with Crippen LogP contribution in [0.3, 0.4) is 0 Å². The van der Waals surface area contributed by atoms with Gasteiger partial charge in [0.25, 0.3) is 0 Å². The third-order valence-electron chi connectivity index (χ3n) is 11.6. The fraction of sp³-hybridized carbons (Fsp3) is 0.255. The lowest BCUT2D eigenvalue weighted by atomic mass is 9.60. The Labute approximate surface area is 319 Å². The summed E-state index contributed by atoms with van der Waals surface area (Å²) in [5.74, 6) is 2.12. The standard InChI is InChI=1S/C47H45N5O/c1-28-22-23-30(40-33(45(3,4)5)24-25-34-42(40)53-39-21-15-10-16-32(39)46(6,7)47(34,8)9)26-31(28)41-29(2)27-48-43(50-41)52-38-20-14-13-19-37(38)51-36-18-12-11-17-35(36)49-44(51)52/h10-27H,1-9H3/i1D3,2D3. The molecule has 0 radical (unpaired) electrons. The smallest absolute Gasteiger partial charge is 0.237 e. The van der Waals surface area contributed by atoms with Gasteiger partial charge in [-0.1, -0.05) is 115 Å². The molecule has 0 bridgehead atoms. The first-order valence-electron chi connectivity index (χ1n) is 21.0. The second-order valence-corrected chi connectivity index (χ2v) is 16.2. The zero-order chi connectivity index (χ0) is 42.0. The highest BCUT2D eigenvalue weighted by Gasteiger charge is 2.46. The number of hydrogen-bond donors (Lipinski definition) is 0. The van der Waals surface area contributed by atoms with Gasteiger partial charge in [0.1, 0.15) is 11.5 Å². The number of aromatic nitrogens is 5. The molecule has 0 saturated heterocycles. The molecule has 6 heteroatoms. The van der Waals surface area contributed by atoms with Gasteiger partial charge in [0.05, 0.1) is 27.8 Å². The normalized spacial score (nSPS) is 17.1. The van der Waals surface area contributed by atoms with E-state index in [0.717, 1.165) is 50.1 Å². The number of benzene rings is 5. The second-order valence-electron chi connectivity index (χ2n) is 16.2. The van der Waals surface area contributed by atoms with E-state index < -0.39 is 19.1 Å². The Bertz CT molecular complexity index is 3000. The molecule has 1 aliphatic rings. The minimum absolute atomic E-state index is 0.00192. The molecule has 0 spiro atoms. The number of imidazole rings is 2. The van der Waals surface area contributed by atoms with Crippen molar-refractivity contribution in [2.75, 3.05) is 0 Å². The van der Waals surface area contributed by atoms with Crippen LogP contribution >= 0.6 is 0 Å². The zero-order valence-corrected chi connectivity index (χ0v) is 31.0. The van der Waals surface area contributed by atoms with Gasteiger partial charge in [0.15, 0.2) is 0 Å². The van der Waals surface area contributed by atoms with E-state index in [4.69, 9.17) is 22.9 Å². The van der Waals surface area contributed by atoms with Crippen molar-refractivity contribution in [3.8, 4) is 39.8 Å². The summed E-state index contributed by atoms with van der Waals surface area (Å²) >= 11 is 0. The predicted octanol–water partition coefficient (Wildman–Crippen LogP) is 11.8. The molecule has 264 valence electrons. The minimum atomic E-state index is -2.69. The molecule has 1 aliphatic heterocycles. The minimum Gasteiger partial charge on any atom is -0.456 e. The lowest BCUT2D eigenvalue weighted by molar-refractivity contribution is 0.306. The van der Waals surface area contributed by atoms with E-state index in [-0.39, 0.29) is 39.2 Å². The van der Waals surface area contributed by atoms with Gasteiger partial charge < -0.3 is 4.74 Å². The van der Waals surface area contributed by atoms with Gasteiger partial charge in [-0.25, -0.2) is 19.5 Å².